The first kappa shape index (κ1) is 13.7. The minimum atomic E-state index is -1.11. The fourth-order valence-electron chi connectivity index (χ4n) is 1.74. The molecule has 2 N–H and O–H groups in total. The van der Waals surface area contributed by atoms with Crippen molar-refractivity contribution in [2.24, 2.45) is 0 Å². The molecule has 0 bridgehead atoms. The van der Waals surface area contributed by atoms with Crippen molar-refractivity contribution in [3.05, 3.63) is 72.0 Å². The first-order valence-corrected chi connectivity index (χ1v) is 6.09. The molecule has 1 heterocycles. The van der Waals surface area contributed by atoms with Gasteiger partial charge in [-0.3, -0.25) is 0 Å². The smallest absolute Gasteiger partial charge is 0.339 e. The maximum Gasteiger partial charge on any atom is 0.339 e. The average molecular weight is 270 g/mol. The number of phenols is 1. The van der Waals surface area contributed by atoms with Gasteiger partial charge in [-0.15, -0.1) is 0 Å². The number of carboxylic acid groups (broad SMARTS) is 1. The zero-order chi connectivity index (χ0) is 14.4. The Morgan fingerprint density at radius 2 is 1.75 bits per heavy atom. The van der Waals surface area contributed by atoms with E-state index in [2.05, 4.69) is 6.07 Å². The summed E-state index contributed by atoms with van der Waals surface area (Å²) in [4.78, 5) is 10.3. The van der Waals surface area contributed by atoms with Gasteiger partial charge < -0.3 is 14.9 Å². The molecule has 1 aliphatic rings. The fraction of sp³-hybridized carbons (Fsp3) is 0.0625. The van der Waals surface area contributed by atoms with Crippen molar-refractivity contribution in [1.82, 2.24) is 0 Å². The van der Waals surface area contributed by atoms with E-state index in [0.717, 1.165) is 12.2 Å². The van der Waals surface area contributed by atoms with E-state index in [1.807, 2.05) is 24.3 Å². The second kappa shape index (κ2) is 6.43. The number of aromatic hydroxyl groups is 1. The van der Waals surface area contributed by atoms with Crippen LogP contribution in [0.15, 0.2) is 60.9 Å². The van der Waals surface area contributed by atoms with E-state index in [0.29, 0.717) is 0 Å². The molecule has 4 nitrogen and oxygen atoms in total. The minimum Gasteiger partial charge on any atom is -0.507 e. The van der Waals surface area contributed by atoms with Crippen LogP contribution in [0.3, 0.4) is 0 Å². The monoisotopic (exact) mass is 270 g/mol. The predicted octanol–water partition coefficient (Wildman–Crippen LogP) is 3.23. The van der Waals surface area contributed by atoms with Crippen LogP contribution in [0.25, 0.3) is 0 Å². The molecule has 0 saturated heterocycles. The van der Waals surface area contributed by atoms with Crippen molar-refractivity contribution < 1.29 is 19.7 Å². The van der Waals surface area contributed by atoms with Gasteiger partial charge in [-0.05, 0) is 36.3 Å². The Morgan fingerprint density at radius 3 is 2.40 bits per heavy atom. The van der Waals surface area contributed by atoms with Gasteiger partial charge in [0.15, 0.2) is 0 Å². The van der Waals surface area contributed by atoms with Gasteiger partial charge in [0, 0.05) is 0 Å². The number of para-hydroxylation sites is 2. The van der Waals surface area contributed by atoms with Crippen molar-refractivity contribution in [3.8, 4) is 11.5 Å². The Morgan fingerprint density at radius 1 is 1.05 bits per heavy atom. The number of allylic oxidation sites excluding steroid dienone is 1. The molecule has 2 aromatic carbocycles. The van der Waals surface area contributed by atoms with Crippen molar-refractivity contribution in [3.63, 3.8) is 0 Å². The summed E-state index contributed by atoms with van der Waals surface area (Å²) in [5, 5.41) is 17.3. The van der Waals surface area contributed by atoms with Crippen LogP contribution in [0, 0.1) is 0 Å². The van der Waals surface area contributed by atoms with Gasteiger partial charge in [-0.25, -0.2) is 4.79 Å². The van der Waals surface area contributed by atoms with Crippen LogP contribution in [0.2, 0.25) is 0 Å². The number of carbonyl (C=O) groups is 1. The lowest BCUT2D eigenvalue weighted by Gasteiger charge is -2.09. The highest BCUT2D eigenvalue weighted by atomic mass is 16.5. The number of hydrogen-bond acceptors (Lipinski definition) is 3. The standard InChI is InChI=1S/C9H8O.C7H6O3/c1-2-6-9-8(4-1)5-3-7-10-9;8-6-4-2-1-3-5(6)7(9)10/h1-4,6-7H,5H2;1-4,8H,(H,9,10). The Kier molecular flexibility index (Phi) is 4.39. The largest absolute Gasteiger partial charge is 0.507 e. The topological polar surface area (TPSA) is 66.8 Å². The molecule has 0 saturated carbocycles. The van der Waals surface area contributed by atoms with Crippen LogP contribution in [0.5, 0.6) is 11.5 Å². The number of hydrogen-bond donors (Lipinski definition) is 2. The summed E-state index contributed by atoms with van der Waals surface area (Å²) in [7, 11) is 0. The van der Waals surface area contributed by atoms with E-state index >= 15 is 0 Å². The lowest BCUT2D eigenvalue weighted by molar-refractivity contribution is 0.0693. The van der Waals surface area contributed by atoms with Gasteiger partial charge in [-0.2, -0.15) is 0 Å². The predicted molar refractivity (Wildman–Crippen MR) is 75.0 cm³/mol. The fourth-order valence-corrected chi connectivity index (χ4v) is 1.74. The van der Waals surface area contributed by atoms with E-state index in [-0.39, 0.29) is 11.3 Å². The summed E-state index contributed by atoms with van der Waals surface area (Å²) in [6, 6.07) is 13.9. The summed E-state index contributed by atoms with van der Waals surface area (Å²) in [5.41, 5.74) is 1.20. The maximum atomic E-state index is 10.3. The lowest BCUT2D eigenvalue weighted by Crippen LogP contribution is -1.95. The van der Waals surface area contributed by atoms with Gasteiger partial charge in [0.2, 0.25) is 0 Å². The number of ether oxygens (including phenoxy) is 1. The minimum absolute atomic E-state index is 0.0671. The Labute approximate surface area is 116 Å². The molecule has 0 aromatic heterocycles. The number of rotatable bonds is 1. The summed E-state index contributed by atoms with van der Waals surface area (Å²) in [5.74, 6) is -0.321. The Balaban J connectivity index is 0.000000147. The van der Waals surface area contributed by atoms with E-state index in [1.165, 1.54) is 17.7 Å². The molecular weight excluding hydrogens is 256 g/mol. The molecule has 0 spiro atoms. The number of carboxylic acids is 1. The molecular formula is C16H14O4. The molecule has 0 amide bonds. The highest BCUT2D eigenvalue weighted by Crippen LogP contribution is 2.21. The third-order valence-corrected chi connectivity index (χ3v) is 2.74. The molecule has 0 unspecified atom stereocenters. The molecule has 0 fully saturated rings. The van der Waals surface area contributed by atoms with Gasteiger partial charge in [-0.1, -0.05) is 30.3 Å². The molecule has 102 valence electrons. The lowest BCUT2D eigenvalue weighted by atomic mass is 10.1. The average Bonchev–Trinajstić information content (AvgIpc) is 2.48. The van der Waals surface area contributed by atoms with E-state index in [4.69, 9.17) is 14.9 Å². The van der Waals surface area contributed by atoms with Crippen molar-refractivity contribution in [1.29, 1.82) is 0 Å². The highest BCUT2D eigenvalue weighted by molar-refractivity contribution is 5.90. The quantitative estimate of drug-likeness (QED) is 0.835. The molecule has 3 rings (SSSR count). The van der Waals surface area contributed by atoms with E-state index < -0.39 is 5.97 Å². The van der Waals surface area contributed by atoms with Crippen LogP contribution >= 0.6 is 0 Å². The molecule has 0 atom stereocenters. The number of benzene rings is 2. The zero-order valence-corrected chi connectivity index (χ0v) is 10.7. The number of aromatic carboxylic acids is 1. The molecule has 1 aliphatic heterocycles. The molecule has 2 aromatic rings. The highest BCUT2D eigenvalue weighted by Gasteiger charge is 2.05. The van der Waals surface area contributed by atoms with Gasteiger partial charge in [0.1, 0.15) is 17.1 Å². The third-order valence-electron chi connectivity index (χ3n) is 2.74. The molecule has 0 aliphatic carbocycles. The van der Waals surface area contributed by atoms with Crippen molar-refractivity contribution in [2.45, 2.75) is 6.42 Å². The van der Waals surface area contributed by atoms with Crippen LogP contribution in [0.1, 0.15) is 15.9 Å². The van der Waals surface area contributed by atoms with Crippen LogP contribution in [-0.4, -0.2) is 16.2 Å². The first-order valence-electron chi connectivity index (χ1n) is 6.09. The second-order valence-corrected chi connectivity index (χ2v) is 4.12. The normalized spacial score (nSPS) is 11.6. The van der Waals surface area contributed by atoms with Gasteiger partial charge in [0.05, 0.1) is 6.26 Å². The summed E-state index contributed by atoms with van der Waals surface area (Å²) in [6.45, 7) is 0. The van der Waals surface area contributed by atoms with Crippen LogP contribution < -0.4 is 4.74 Å². The zero-order valence-electron chi connectivity index (χ0n) is 10.7. The van der Waals surface area contributed by atoms with E-state index in [9.17, 15) is 4.79 Å². The number of fused-ring (bicyclic) bond motifs is 1. The van der Waals surface area contributed by atoms with Gasteiger partial charge >= 0.3 is 5.97 Å². The third kappa shape index (κ3) is 3.38. The second-order valence-electron chi connectivity index (χ2n) is 4.12. The Bertz CT molecular complexity index is 605. The Hall–Kier alpha value is -2.75. The van der Waals surface area contributed by atoms with E-state index in [1.54, 1.807) is 18.4 Å². The maximum absolute atomic E-state index is 10.3. The summed E-state index contributed by atoms with van der Waals surface area (Å²) < 4.78 is 5.24. The first-order chi connectivity index (χ1) is 9.68. The SMILES string of the molecule is C1=COc2ccccc2C1.O=C(O)c1ccccc1O. The summed E-state index contributed by atoms with van der Waals surface area (Å²) in [6.07, 6.45) is 4.75. The van der Waals surface area contributed by atoms with Crippen LogP contribution in [0.4, 0.5) is 0 Å². The molecule has 0 radical (unpaired) electrons. The van der Waals surface area contributed by atoms with Crippen LogP contribution in [-0.2, 0) is 6.42 Å². The molecule has 20 heavy (non-hydrogen) atoms. The van der Waals surface area contributed by atoms with Gasteiger partial charge in [0.25, 0.3) is 0 Å². The molecule has 4 heteroatoms. The summed E-state index contributed by atoms with van der Waals surface area (Å²) >= 11 is 0. The van der Waals surface area contributed by atoms with Crippen molar-refractivity contribution >= 4 is 5.97 Å². The van der Waals surface area contributed by atoms with Crippen molar-refractivity contribution in [2.75, 3.05) is 0 Å².